The maximum atomic E-state index is 14.1. The van der Waals surface area contributed by atoms with Crippen LogP contribution in [0.1, 0.15) is 43.5 Å². The van der Waals surface area contributed by atoms with Crippen molar-refractivity contribution in [3.63, 3.8) is 0 Å². The average Bonchev–Trinajstić information content (AvgIpc) is 3.31. The number of thiazole rings is 1. The molecule has 4 aromatic rings. The van der Waals surface area contributed by atoms with Crippen LogP contribution >= 0.6 is 33.9 Å². The minimum absolute atomic E-state index is 0.166. The van der Waals surface area contributed by atoms with Crippen molar-refractivity contribution in [1.29, 1.82) is 0 Å². The number of methoxy groups -OCH3 is 1. The highest BCUT2D eigenvalue weighted by molar-refractivity contribution is 14.1. The Kier molecular flexibility index (Phi) is 9.84. The van der Waals surface area contributed by atoms with Crippen LogP contribution in [0, 0.1) is 9.39 Å². The molecule has 1 aliphatic heterocycles. The largest absolute Gasteiger partial charge is 0.494 e. The van der Waals surface area contributed by atoms with Gasteiger partial charge in [0.1, 0.15) is 18.2 Å². The number of carbonyl (C=O) groups excluding carboxylic acids is 1. The van der Waals surface area contributed by atoms with Gasteiger partial charge in [0.05, 0.1) is 42.2 Å². The van der Waals surface area contributed by atoms with Gasteiger partial charge in [-0.25, -0.2) is 14.2 Å². The molecule has 1 atom stereocenters. The van der Waals surface area contributed by atoms with Crippen LogP contribution in [-0.2, 0) is 16.1 Å². The smallest absolute Gasteiger partial charge is 0.338 e. The van der Waals surface area contributed by atoms with Crippen LogP contribution in [0.4, 0.5) is 4.39 Å². The number of rotatable bonds is 10. The Morgan fingerprint density at radius 1 is 1.07 bits per heavy atom. The Balaban J connectivity index is 1.64. The lowest BCUT2D eigenvalue weighted by Gasteiger charge is -2.24. The van der Waals surface area contributed by atoms with E-state index in [4.69, 9.17) is 18.9 Å². The van der Waals surface area contributed by atoms with Gasteiger partial charge in [0, 0.05) is 9.13 Å². The molecule has 0 saturated heterocycles. The molecule has 0 N–H and O–H groups in total. The second-order valence-corrected chi connectivity index (χ2v) is 12.0. The van der Waals surface area contributed by atoms with Crippen LogP contribution < -0.4 is 29.1 Å². The summed E-state index contributed by atoms with van der Waals surface area (Å²) < 4.78 is 39.0. The quantitative estimate of drug-likeness (QED) is 0.158. The Morgan fingerprint density at radius 3 is 2.45 bits per heavy atom. The van der Waals surface area contributed by atoms with Crippen molar-refractivity contribution in [2.45, 2.75) is 33.4 Å². The maximum Gasteiger partial charge on any atom is 0.338 e. The topological polar surface area (TPSA) is 88.4 Å². The zero-order valence-electron chi connectivity index (χ0n) is 24.6. The predicted octanol–water partition coefficient (Wildman–Crippen LogP) is 5.53. The number of carbonyl (C=O) groups is 1. The number of halogens is 2. The molecule has 8 nitrogen and oxygen atoms in total. The molecule has 0 saturated carbocycles. The molecule has 0 bridgehead atoms. The van der Waals surface area contributed by atoms with Gasteiger partial charge in [0.2, 0.25) is 0 Å². The minimum Gasteiger partial charge on any atom is -0.494 e. The Morgan fingerprint density at radius 2 is 1.80 bits per heavy atom. The van der Waals surface area contributed by atoms with Crippen LogP contribution in [0.2, 0.25) is 0 Å². The van der Waals surface area contributed by atoms with Crippen LogP contribution in [0.15, 0.2) is 81.7 Å². The van der Waals surface area contributed by atoms with E-state index in [0.717, 1.165) is 14.7 Å². The summed E-state index contributed by atoms with van der Waals surface area (Å²) in [5.74, 6) is 0.755. The molecule has 1 aromatic heterocycles. The van der Waals surface area contributed by atoms with E-state index in [0.29, 0.717) is 50.0 Å². The second-order valence-electron chi connectivity index (χ2n) is 9.75. The molecule has 11 heteroatoms. The Bertz CT molecular complexity index is 1900. The van der Waals surface area contributed by atoms with E-state index < -0.39 is 12.0 Å². The number of esters is 1. The first-order chi connectivity index (χ1) is 21.2. The van der Waals surface area contributed by atoms with Gasteiger partial charge in [-0.05, 0) is 97.0 Å². The van der Waals surface area contributed by atoms with Crippen LogP contribution in [-0.4, -0.2) is 30.9 Å². The molecule has 0 aliphatic carbocycles. The fourth-order valence-electron chi connectivity index (χ4n) is 4.90. The first-order valence-electron chi connectivity index (χ1n) is 13.9. The first kappa shape index (κ1) is 31.5. The number of nitrogens with zero attached hydrogens (tertiary/aromatic N) is 2. The van der Waals surface area contributed by atoms with Gasteiger partial charge < -0.3 is 18.9 Å². The molecule has 3 aromatic carbocycles. The highest BCUT2D eigenvalue weighted by Gasteiger charge is 2.33. The summed E-state index contributed by atoms with van der Waals surface area (Å²) in [7, 11) is 1.55. The number of allylic oxidation sites excluding steroid dienone is 1. The van der Waals surface area contributed by atoms with Crippen LogP contribution in [0.25, 0.3) is 6.08 Å². The fraction of sp³-hybridized carbons (Fsp3) is 0.242. The lowest BCUT2D eigenvalue weighted by atomic mass is 9.96. The van der Waals surface area contributed by atoms with Gasteiger partial charge in [0.15, 0.2) is 16.3 Å². The zero-order chi connectivity index (χ0) is 31.4. The molecule has 1 aliphatic rings. The third-order valence-electron chi connectivity index (χ3n) is 6.88. The van der Waals surface area contributed by atoms with Crippen molar-refractivity contribution < 1.29 is 28.1 Å². The van der Waals surface area contributed by atoms with Crippen molar-refractivity contribution in [2.75, 3.05) is 20.3 Å². The van der Waals surface area contributed by atoms with Crippen molar-refractivity contribution in [3.05, 3.63) is 118 Å². The summed E-state index contributed by atoms with van der Waals surface area (Å²) >= 11 is 3.40. The molecule has 0 fully saturated rings. The fourth-order valence-corrected chi connectivity index (χ4v) is 6.56. The van der Waals surface area contributed by atoms with Gasteiger partial charge in [-0.2, -0.15) is 0 Å². The molecule has 5 rings (SSSR count). The van der Waals surface area contributed by atoms with E-state index >= 15 is 0 Å². The monoisotopic (exact) mass is 728 g/mol. The van der Waals surface area contributed by atoms with Gasteiger partial charge >= 0.3 is 5.97 Å². The number of hydrogen-bond acceptors (Lipinski definition) is 8. The molecule has 0 amide bonds. The lowest BCUT2D eigenvalue weighted by molar-refractivity contribution is -0.139. The highest BCUT2D eigenvalue weighted by atomic mass is 127. The Labute approximate surface area is 271 Å². The molecule has 0 spiro atoms. The molecule has 2 heterocycles. The van der Waals surface area contributed by atoms with E-state index in [-0.39, 0.29) is 24.6 Å². The Hall–Kier alpha value is -3.97. The summed E-state index contributed by atoms with van der Waals surface area (Å²) in [4.78, 5) is 32.5. The third-order valence-corrected chi connectivity index (χ3v) is 8.48. The number of hydrogen-bond donors (Lipinski definition) is 0. The summed E-state index contributed by atoms with van der Waals surface area (Å²) in [6.45, 7) is 6.25. The highest BCUT2D eigenvalue weighted by Crippen LogP contribution is 2.35. The third kappa shape index (κ3) is 6.58. The van der Waals surface area contributed by atoms with Crippen LogP contribution in [0.3, 0.4) is 0 Å². The molecule has 0 unspecified atom stereocenters. The standard InChI is InChI=1S/C33H30FIN2O6S/c1-5-41-25-13-9-21(10-14-25)29-28(32(39)42-6-2)19(3)36-33-37(29)31(38)27(44-33)16-22-15-24(35)17-26(40-4)30(22)43-18-20-7-11-23(34)12-8-20/h7-17,29H,5-6,18H2,1-4H3/b27-16-/t29-/m1/s1. The average molecular weight is 729 g/mol. The van der Waals surface area contributed by atoms with Crippen molar-refractivity contribution in [2.24, 2.45) is 4.99 Å². The van der Waals surface area contributed by atoms with E-state index in [9.17, 15) is 14.0 Å². The number of fused-ring (bicyclic) bond motifs is 1. The molecule has 228 valence electrons. The lowest BCUT2D eigenvalue weighted by Crippen LogP contribution is -2.39. The summed E-state index contributed by atoms with van der Waals surface area (Å²) in [5, 5.41) is 0. The maximum absolute atomic E-state index is 14.1. The van der Waals surface area contributed by atoms with Crippen LogP contribution in [0.5, 0.6) is 17.2 Å². The summed E-state index contributed by atoms with van der Waals surface area (Å²) in [6.07, 6.45) is 1.74. The van der Waals surface area contributed by atoms with Gasteiger partial charge in [0.25, 0.3) is 5.56 Å². The zero-order valence-corrected chi connectivity index (χ0v) is 27.5. The van der Waals surface area contributed by atoms with E-state index in [1.807, 2.05) is 43.3 Å². The van der Waals surface area contributed by atoms with Gasteiger partial charge in [-0.15, -0.1) is 0 Å². The van der Waals surface area contributed by atoms with Gasteiger partial charge in [-0.1, -0.05) is 35.6 Å². The summed E-state index contributed by atoms with van der Waals surface area (Å²) in [6, 6.07) is 16.3. The van der Waals surface area contributed by atoms with Gasteiger partial charge in [-0.3, -0.25) is 9.36 Å². The first-order valence-corrected chi connectivity index (χ1v) is 15.8. The van der Waals surface area contributed by atoms with Crippen molar-refractivity contribution in [3.8, 4) is 17.2 Å². The normalized spacial score (nSPS) is 14.6. The molecule has 44 heavy (non-hydrogen) atoms. The van der Waals surface area contributed by atoms with E-state index in [1.165, 1.54) is 28.0 Å². The van der Waals surface area contributed by atoms with E-state index in [1.54, 1.807) is 39.2 Å². The number of aromatic nitrogens is 1. The van der Waals surface area contributed by atoms with Crippen molar-refractivity contribution in [1.82, 2.24) is 4.57 Å². The SMILES string of the molecule is CCOC(=O)C1=C(C)N=c2s/c(=C\c3cc(I)cc(OC)c3OCc3ccc(F)cc3)c(=O)n2[C@@H]1c1ccc(OCC)cc1. The number of benzene rings is 3. The minimum atomic E-state index is -0.747. The molecular weight excluding hydrogens is 698 g/mol. The molecule has 0 radical (unpaired) electrons. The predicted molar refractivity (Wildman–Crippen MR) is 174 cm³/mol. The van der Waals surface area contributed by atoms with E-state index in [2.05, 4.69) is 27.6 Å². The summed E-state index contributed by atoms with van der Waals surface area (Å²) in [5.41, 5.74) is 2.58. The number of ether oxygens (including phenoxy) is 4. The second kappa shape index (κ2) is 13.8. The van der Waals surface area contributed by atoms with Crippen molar-refractivity contribution >= 4 is 46.0 Å². The molecular formula is C33H30FIN2O6S.